The summed E-state index contributed by atoms with van der Waals surface area (Å²) in [5.41, 5.74) is -4.80. The van der Waals surface area contributed by atoms with Gasteiger partial charge < -0.3 is 69.1 Å². The first-order chi connectivity index (χ1) is 35.3. The molecular formula is C57H89N5O13. The molecule has 0 bridgehead atoms. The van der Waals surface area contributed by atoms with Crippen LogP contribution in [0.25, 0.3) is 10.9 Å². The molecule has 4 heterocycles. The number of cyclic esters (lactones) is 1. The molecule has 420 valence electrons. The molecule has 18 heteroatoms. The number of nitrogens with one attached hydrogen (secondary N) is 2. The van der Waals surface area contributed by atoms with Crippen molar-refractivity contribution in [3.8, 4) is 5.75 Å². The van der Waals surface area contributed by atoms with Crippen LogP contribution in [-0.4, -0.2) is 173 Å². The number of urea groups is 1. The van der Waals surface area contributed by atoms with Gasteiger partial charge in [0.1, 0.15) is 34.8 Å². The van der Waals surface area contributed by atoms with Gasteiger partial charge in [-0.3, -0.25) is 14.7 Å². The average Bonchev–Trinajstić information content (AvgIpc) is 3.38. The fourth-order valence-corrected chi connectivity index (χ4v) is 11.6. The third-order valence-corrected chi connectivity index (χ3v) is 16.4. The lowest BCUT2D eigenvalue weighted by atomic mass is 9.75. The number of methoxy groups -OCH3 is 1. The van der Waals surface area contributed by atoms with Gasteiger partial charge in [-0.2, -0.15) is 0 Å². The number of aromatic nitrogens is 1. The highest BCUT2D eigenvalue weighted by Crippen LogP contribution is 2.44. The molecule has 3 aromatic rings. The molecule has 6 N–H and O–H groups in total. The summed E-state index contributed by atoms with van der Waals surface area (Å²) >= 11 is 0. The predicted octanol–water partition coefficient (Wildman–Crippen LogP) is 6.19. The predicted molar refractivity (Wildman–Crippen MR) is 286 cm³/mol. The molecule has 2 aromatic carbocycles. The van der Waals surface area contributed by atoms with Gasteiger partial charge in [0.25, 0.3) is 0 Å². The van der Waals surface area contributed by atoms with Crippen molar-refractivity contribution in [2.24, 2.45) is 17.8 Å². The van der Waals surface area contributed by atoms with Crippen molar-refractivity contribution in [2.75, 3.05) is 45.7 Å². The standard InChI is InChI=1S/C57H89N5O13/c1-15-26-58-33-57(68)39(8)71-46(31-55(57,10)69-14)74-47-36(5)50(54(9,66)30-34(3)32-60-38(7)49(63)56(11,67)45(16-2)73-51(64)37(47)6)75-52-48(72-42-24-25-43-40(29-42)21-20-27-59-43)44(28-35(4)70-52)62(13)53(65)61(12)41-22-18-17-19-23-41/h17-25,27,29,34-39,44-50,52,58,60,63,66-68H,15-16,26,28,30-33H2,1-14H3/t34-,35-,36+,37-,38-,39+,44+,45-,46+,47+,48-,49-,50-,52+,54-,55-,56-,57+/m1/s1. The Morgan fingerprint density at radius 1 is 0.920 bits per heavy atom. The van der Waals surface area contributed by atoms with Crippen LogP contribution in [0.1, 0.15) is 108 Å². The number of pyridine rings is 1. The molecule has 3 aliphatic rings. The summed E-state index contributed by atoms with van der Waals surface area (Å²) in [5.74, 6) is -2.51. The van der Waals surface area contributed by atoms with Crippen LogP contribution in [0.3, 0.4) is 0 Å². The molecule has 18 atom stereocenters. The average molecular weight is 1050 g/mol. The van der Waals surface area contributed by atoms with Gasteiger partial charge in [0, 0.05) is 63.4 Å². The molecule has 0 radical (unpaired) electrons. The lowest BCUT2D eigenvalue weighted by molar-refractivity contribution is -0.335. The second kappa shape index (κ2) is 25.2. The number of ether oxygens (including phenoxy) is 7. The molecule has 18 nitrogen and oxygen atoms in total. The number of hydrogen-bond acceptors (Lipinski definition) is 16. The highest BCUT2D eigenvalue weighted by Gasteiger charge is 2.58. The van der Waals surface area contributed by atoms with Crippen LogP contribution in [0.15, 0.2) is 66.9 Å². The molecule has 75 heavy (non-hydrogen) atoms. The summed E-state index contributed by atoms with van der Waals surface area (Å²) < 4.78 is 47.1. The Kier molecular flexibility index (Phi) is 20.2. The number of anilines is 1. The van der Waals surface area contributed by atoms with E-state index in [1.807, 2.05) is 95.3 Å². The van der Waals surface area contributed by atoms with Gasteiger partial charge >= 0.3 is 12.0 Å². The van der Waals surface area contributed by atoms with Crippen LogP contribution in [-0.2, 0) is 33.2 Å². The molecule has 0 saturated carbocycles. The lowest BCUT2D eigenvalue weighted by Gasteiger charge is -2.53. The highest BCUT2D eigenvalue weighted by molar-refractivity contribution is 5.91. The van der Waals surface area contributed by atoms with Crippen molar-refractivity contribution in [1.29, 1.82) is 0 Å². The van der Waals surface area contributed by atoms with Gasteiger partial charge in [-0.1, -0.05) is 52.0 Å². The lowest BCUT2D eigenvalue weighted by Crippen LogP contribution is -2.70. The van der Waals surface area contributed by atoms with Crippen LogP contribution < -0.4 is 20.3 Å². The van der Waals surface area contributed by atoms with Gasteiger partial charge in [-0.25, -0.2) is 4.79 Å². The van der Waals surface area contributed by atoms with E-state index in [2.05, 4.69) is 15.6 Å². The summed E-state index contributed by atoms with van der Waals surface area (Å²) in [5, 5.41) is 56.6. The zero-order valence-electron chi connectivity index (χ0n) is 46.9. The maximum Gasteiger partial charge on any atom is 0.324 e. The van der Waals surface area contributed by atoms with Crippen molar-refractivity contribution in [3.05, 3.63) is 66.9 Å². The van der Waals surface area contributed by atoms with E-state index in [1.165, 1.54) is 14.0 Å². The summed E-state index contributed by atoms with van der Waals surface area (Å²) in [6.45, 7) is 20.8. The van der Waals surface area contributed by atoms with Gasteiger partial charge in [-0.05, 0) is 130 Å². The molecule has 1 aromatic heterocycles. The summed E-state index contributed by atoms with van der Waals surface area (Å²) in [4.78, 5) is 37.1. The molecule has 2 amide bonds. The number of benzene rings is 2. The van der Waals surface area contributed by atoms with Crippen LogP contribution in [0.2, 0.25) is 0 Å². The Morgan fingerprint density at radius 3 is 2.29 bits per heavy atom. The maximum absolute atomic E-state index is 14.8. The van der Waals surface area contributed by atoms with Crippen LogP contribution in [0.5, 0.6) is 5.75 Å². The van der Waals surface area contributed by atoms with Crippen molar-refractivity contribution in [1.82, 2.24) is 20.5 Å². The van der Waals surface area contributed by atoms with E-state index in [0.29, 0.717) is 30.9 Å². The molecule has 3 fully saturated rings. The van der Waals surface area contributed by atoms with Crippen LogP contribution in [0, 0.1) is 17.8 Å². The zero-order valence-corrected chi connectivity index (χ0v) is 46.9. The quantitative estimate of drug-likeness (QED) is 0.0783. The van der Waals surface area contributed by atoms with E-state index < -0.39 is 108 Å². The van der Waals surface area contributed by atoms with E-state index in [4.69, 9.17) is 33.2 Å². The number of para-hydroxylation sites is 1. The molecule has 0 aliphatic carbocycles. The van der Waals surface area contributed by atoms with E-state index in [0.717, 1.165) is 17.3 Å². The van der Waals surface area contributed by atoms with Crippen LogP contribution in [0.4, 0.5) is 10.5 Å². The number of amides is 2. The topological polar surface area (TPSA) is 223 Å². The number of hydrogen-bond donors (Lipinski definition) is 6. The Hall–Kier alpha value is -4.05. The van der Waals surface area contributed by atoms with E-state index >= 15 is 0 Å². The smallest absolute Gasteiger partial charge is 0.324 e. The second-order valence-electron chi connectivity index (χ2n) is 22.5. The van der Waals surface area contributed by atoms with E-state index in [1.54, 1.807) is 64.7 Å². The monoisotopic (exact) mass is 1050 g/mol. The fraction of sp³-hybridized carbons (Fsp3) is 0.702. The number of esters is 1. The maximum atomic E-state index is 14.8. The number of aliphatic hydroxyl groups is 4. The van der Waals surface area contributed by atoms with Gasteiger partial charge in [0.05, 0.1) is 47.5 Å². The Labute approximate surface area is 445 Å². The Bertz CT molecular complexity index is 2310. The largest absolute Gasteiger partial charge is 0.483 e. The number of aliphatic hydroxyl groups excluding tert-OH is 1. The van der Waals surface area contributed by atoms with Crippen molar-refractivity contribution in [2.45, 2.75) is 198 Å². The van der Waals surface area contributed by atoms with E-state index in [9.17, 15) is 30.0 Å². The van der Waals surface area contributed by atoms with Gasteiger partial charge in [0.15, 0.2) is 18.7 Å². The highest BCUT2D eigenvalue weighted by atomic mass is 16.7. The Morgan fingerprint density at radius 2 is 1.63 bits per heavy atom. The second-order valence-corrected chi connectivity index (χ2v) is 22.5. The molecule has 3 aliphatic heterocycles. The first-order valence-corrected chi connectivity index (χ1v) is 27.1. The third kappa shape index (κ3) is 13.5. The number of rotatable bonds is 14. The molecule has 6 rings (SSSR count). The zero-order chi connectivity index (χ0) is 55.2. The van der Waals surface area contributed by atoms with Gasteiger partial charge in [-0.15, -0.1) is 0 Å². The number of fused-ring (bicyclic) bond motifs is 1. The number of carbonyl (C=O) groups excluding carboxylic acids is 2. The minimum atomic E-state index is -1.87. The Balaban J connectivity index is 1.47. The van der Waals surface area contributed by atoms with Crippen molar-refractivity contribution < 1.29 is 63.2 Å². The summed E-state index contributed by atoms with van der Waals surface area (Å²) in [6, 6.07) is 17.1. The van der Waals surface area contributed by atoms with Crippen molar-refractivity contribution >= 4 is 28.6 Å². The molecule has 3 saturated heterocycles. The minimum absolute atomic E-state index is 0.0457. The normalized spacial score (nSPS) is 38.5. The first-order valence-electron chi connectivity index (χ1n) is 27.1. The van der Waals surface area contributed by atoms with Crippen LogP contribution >= 0.6 is 0 Å². The first kappa shape index (κ1) is 60.2. The van der Waals surface area contributed by atoms with Gasteiger partial charge in [0.2, 0.25) is 0 Å². The number of likely N-dealkylation sites (N-methyl/N-ethyl adjacent to an activating group) is 1. The summed E-state index contributed by atoms with van der Waals surface area (Å²) in [7, 11) is 4.98. The minimum Gasteiger partial charge on any atom is -0.483 e. The molecule has 0 unspecified atom stereocenters. The fourth-order valence-electron chi connectivity index (χ4n) is 11.6. The number of nitrogens with zero attached hydrogens (tertiary/aromatic N) is 3. The molecular weight excluding hydrogens is 963 g/mol. The summed E-state index contributed by atoms with van der Waals surface area (Å²) in [6.07, 6.45) is -6.12. The van der Waals surface area contributed by atoms with Crippen molar-refractivity contribution in [3.63, 3.8) is 0 Å². The SMILES string of the molecule is CCCNC[C@]1(O)[C@H](C)O[C@@H](O[C@H]2[C@H](C)[C@@H](O[C@@H]3O[C@H](C)C[C@H](N(C)C(=O)N(C)c4ccccc4)[C@H]3Oc3ccc4ncccc4c3)[C@](C)(O)C[C@@H](C)CN[C@H](C)[C@@H](O)[C@](C)(O)[C@@H](CC)OC(=O)[C@@H]2C)C[C@@]1(C)OC. The third-order valence-electron chi connectivity index (χ3n) is 16.4. The number of carbonyl (C=O) groups is 2. The van der Waals surface area contributed by atoms with E-state index in [-0.39, 0.29) is 37.8 Å². The molecule has 0 spiro atoms.